The van der Waals surface area contributed by atoms with Crippen LogP contribution in [0.3, 0.4) is 0 Å². The smallest absolute Gasteiger partial charge is 0.0218 e. The van der Waals surface area contributed by atoms with Gasteiger partial charge < -0.3 is 10.2 Å². The number of hydrogen-bond acceptors (Lipinski definition) is 2. The van der Waals surface area contributed by atoms with Crippen molar-refractivity contribution in [3.8, 4) is 0 Å². The molecule has 0 bridgehead atoms. The molecular weight excluding hydrogens is 172 g/mol. The fourth-order valence-electron chi connectivity index (χ4n) is 2.44. The van der Waals surface area contributed by atoms with Gasteiger partial charge in [-0.1, -0.05) is 20.8 Å². The van der Waals surface area contributed by atoms with Crippen LogP contribution in [0.2, 0.25) is 0 Å². The summed E-state index contributed by atoms with van der Waals surface area (Å²) in [6, 6.07) is 0.720. The lowest BCUT2D eigenvalue weighted by Crippen LogP contribution is -2.53. The van der Waals surface area contributed by atoms with E-state index < -0.39 is 0 Å². The quantitative estimate of drug-likeness (QED) is 0.737. The van der Waals surface area contributed by atoms with Crippen LogP contribution in [-0.4, -0.2) is 37.1 Å². The fourth-order valence-corrected chi connectivity index (χ4v) is 2.44. The third kappa shape index (κ3) is 2.48. The molecule has 2 aliphatic rings. The van der Waals surface area contributed by atoms with E-state index in [9.17, 15) is 0 Å². The zero-order valence-corrected chi connectivity index (χ0v) is 9.79. The van der Waals surface area contributed by atoms with Gasteiger partial charge in [-0.3, -0.25) is 0 Å². The van der Waals surface area contributed by atoms with Crippen LogP contribution >= 0.6 is 0 Å². The summed E-state index contributed by atoms with van der Waals surface area (Å²) in [5.74, 6) is 2.79. The SMILES string of the molecule is CC(C)C1CN(CC2CC2C)CCN1. The Morgan fingerprint density at radius 2 is 2.14 bits per heavy atom. The normalized spacial score (nSPS) is 39.0. The maximum atomic E-state index is 3.61. The molecule has 0 aromatic rings. The van der Waals surface area contributed by atoms with Crippen molar-refractivity contribution in [3.05, 3.63) is 0 Å². The Hall–Kier alpha value is -0.0800. The first-order chi connectivity index (χ1) is 6.66. The zero-order valence-electron chi connectivity index (χ0n) is 9.79. The molecule has 82 valence electrons. The van der Waals surface area contributed by atoms with Gasteiger partial charge in [-0.05, 0) is 24.2 Å². The predicted molar refractivity (Wildman–Crippen MR) is 60.3 cm³/mol. The van der Waals surface area contributed by atoms with Crippen molar-refractivity contribution in [1.82, 2.24) is 10.2 Å². The van der Waals surface area contributed by atoms with Crippen molar-refractivity contribution in [3.63, 3.8) is 0 Å². The van der Waals surface area contributed by atoms with Gasteiger partial charge in [0.15, 0.2) is 0 Å². The molecule has 1 aliphatic carbocycles. The second kappa shape index (κ2) is 4.19. The van der Waals surface area contributed by atoms with E-state index in [0.29, 0.717) is 0 Å². The summed E-state index contributed by atoms with van der Waals surface area (Å²) in [6.45, 7) is 12.1. The van der Waals surface area contributed by atoms with E-state index in [1.165, 1.54) is 32.6 Å². The minimum atomic E-state index is 0.720. The van der Waals surface area contributed by atoms with Gasteiger partial charge >= 0.3 is 0 Å². The number of rotatable bonds is 3. The topological polar surface area (TPSA) is 15.3 Å². The lowest BCUT2D eigenvalue weighted by molar-refractivity contribution is 0.167. The highest BCUT2D eigenvalue weighted by atomic mass is 15.2. The van der Waals surface area contributed by atoms with Crippen LogP contribution in [0.15, 0.2) is 0 Å². The second-order valence-corrected chi connectivity index (χ2v) is 5.54. The summed E-state index contributed by atoms with van der Waals surface area (Å²) in [4.78, 5) is 2.66. The molecule has 2 rings (SSSR count). The third-order valence-electron chi connectivity index (χ3n) is 3.86. The number of hydrogen-bond donors (Lipinski definition) is 1. The summed E-state index contributed by atoms with van der Waals surface area (Å²) in [5.41, 5.74) is 0. The van der Waals surface area contributed by atoms with Crippen molar-refractivity contribution in [2.75, 3.05) is 26.2 Å². The minimum absolute atomic E-state index is 0.720. The standard InChI is InChI=1S/C12H24N2/c1-9(2)12-8-14(5-4-13-12)7-11-6-10(11)3/h9-13H,4-8H2,1-3H3. The molecule has 0 aromatic heterocycles. The summed E-state index contributed by atoms with van der Waals surface area (Å²) in [7, 11) is 0. The number of nitrogens with one attached hydrogen (secondary N) is 1. The first-order valence-electron chi connectivity index (χ1n) is 6.12. The lowest BCUT2D eigenvalue weighted by Gasteiger charge is -2.35. The van der Waals surface area contributed by atoms with Gasteiger partial charge in [0, 0.05) is 32.2 Å². The predicted octanol–water partition coefficient (Wildman–Crippen LogP) is 1.57. The minimum Gasteiger partial charge on any atom is -0.311 e. The molecule has 1 aliphatic heterocycles. The largest absolute Gasteiger partial charge is 0.311 e. The Balaban J connectivity index is 1.76. The van der Waals surface area contributed by atoms with Crippen LogP contribution in [0, 0.1) is 17.8 Å². The lowest BCUT2D eigenvalue weighted by atomic mass is 10.0. The highest BCUT2D eigenvalue weighted by Crippen LogP contribution is 2.38. The van der Waals surface area contributed by atoms with Crippen LogP contribution in [0.4, 0.5) is 0 Å². The molecule has 0 spiro atoms. The Morgan fingerprint density at radius 3 is 2.71 bits per heavy atom. The molecule has 2 nitrogen and oxygen atoms in total. The van der Waals surface area contributed by atoms with E-state index in [1.54, 1.807) is 0 Å². The van der Waals surface area contributed by atoms with Crippen LogP contribution < -0.4 is 5.32 Å². The molecule has 0 aromatic carbocycles. The van der Waals surface area contributed by atoms with Crippen LogP contribution in [0.25, 0.3) is 0 Å². The van der Waals surface area contributed by atoms with E-state index in [4.69, 9.17) is 0 Å². The van der Waals surface area contributed by atoms with Crippen LogP contribution in [0.5, 0.6) is 0 Å². The number of piperazine rings is 1. The highest BCUT2D eigenvalue weighted by Gasteiger charge is 2.35. The molecule has 14 heavy (non-hydrogen) atoms. The average molecular weight is 196 g/mol. The molecule has 2 fully saturated rings. The van der Waals surface area contributed by atoms with E-state index in [-0.39, 0.29) is 0 Å². The average Bonchev–Trinajstić information content (AvgIpc) is 2.82. The van der Waals surface area contributed by atoms with Gasteiger partial charge in [0.05, 0.1) is 0 Å². The maximum absolute atomic E-state index is 3.61. The van der Waals surface area contributed by atoms with Gasteiger partial charge in [-0.2, -0.15) is 0 Å². The molecule has 1 saturated carbocycles. The van der Waals surface area contributed by atoms with Gasteiger partial charge in [0.2, 0.25) is 0 Å². The molecule has 2 heteroatoms. The van der Waals surface area contributed by atoms with Crippen molar-refractivity contribution in [2.24, 2.45) is 17.8 Å². The molecule has 0 amide bonds. The van der Waals surface area contributed by atoms with Crippen LogP contribution in [-0.2, 0) is 0 Å². The van der Waals surface area contributed by atoms with Crippen molar-refractivity contribution in [2.45, 2.75) is 33.2 Å². The summed E-state index contributed by atoms with van der Waals surface area (Å²) >= 11 is 0. The molecule has 1 saturated heterocycles. The first-order valence-corrected chi connectivity index (χ1v) is 6.12. The molecular formula is C12H24N2. The molecule has 0 radical (unpaired) electrons. The summed E-state index contributed by atoms with van der Waals surface area (Å²) < 4.78 is 0. The molecule has 3 atom stereocenters. The highest BCUT2D eigenvalue weighted by molar-refractivity contribution is 4.88. The number of nitrogens with zero attached hydrogens (tertiary/aromatic N) is 1. The van der Waals surface area contributed by atoms with E-state index in [0.717, 1.165) is 23.8 Å². The van der Waals surface area contributed by atoms with E-state index >= 15 is 0 Å². The molecule has 1 N–H and O–H groups in total. The van der Waals surface area contributed by atoms with E-state index in [2.05, 4.69) is 31.0 Å². The molecule has 1 heterocycles. The molecule has 3 unspecified atom stereocenters. The third-order valence-corrected chi connectivity index (χ3v) is 3.86. The second-order valence-electron chi connectivity index (χ2n) is 5.54. The monoisotopic (exact) mass is 196 g/mol. The maximum Gasteiger partial charge on any atom is 0.0218 e. The fraction of sp³-hybridized carbons (Fsp3) is 1.00. The van der Waals surface area contributed by atoms with Gasteiger partial charge in [-0.15, -0.1) is 0 Å². The van der Waals surface area contributed by atoms with Gasteiger partial charge in [-0.25, -0.2) is 0 Å². The Labute approximate surface area is 88.1 Å². The summed E-state index contributed by atoms with van der Waals surface area (Å²) in [5, 5.41) is 3.61. The Kier molecular flexibility index (Phi) is 3.13. The van der Waals surface area contributed by atoms with Gasteiger partial charge in [0.25, 0.3) is 0 Å². The Bertz CT molecular complexity index is 191. The first kappa shape index (κ1) is 10.4. The van der Waals surface area contributed by atoms with Gasteiger partial charge in [0.1, 0.15) is 0 Å². The Morgan fingerprint density at radius 1 is 1.43 bits per heavy atom. The zero-order chi connectivity index (χ0) is 10.1. The van der Waals surface area contributed by atoms with E-state index in [1.807, 2.05) is 0 Å². The van der Waals surface area contributed by atoms with Crippen molar-refractivity contribution < 1.29 is 0 Å². The summed E-state index contributed by atoms with van der Waals surface area (Å²) in [6.07, 6.45) is 1.47. The van der Waals surface area contributed by atoms with Crippen molar-refractivity contribution in [1.29, 1.82) is 0 Å². The van der Waals surface area contributed by atoms with Crippen LogP contribution in [0.1, 0.15) is 27.2 Å². The van der Waals surface area contributed by atoms with Crippen molar-refractivity contribution >= 4 is 0 Å².